The van der Waals surface area contributed by atoms with Crippen LogP contribution in [0.25, 0.3) is 11.2 Å². The Morgan fingerprint density at radius 1 is 0.753 bits per heavy atom. The number of fused-ring (bicyclic) bond motifs is 2. The third kappa shape index (κ3) is 9.35. The van der Waals surface area contributed by atoms with Crippen molar-refractivity contribution in [2.75, 3.05) is 32.7 Å². The van der Waals surface area contributed by atoms with Gasteiger partial charge >= 0.3 is 0 Å². The highest BCUT2D eigenvalue weighted by Crippen LogP contribution is 2.59. The number of alkyl halides is 1. The number of nitrogens with zero attached hydrogens (tertiary/aromatic N) is 5. The minimum absolute atomic E-state index is 0.103. The van der Waals surface area contributed by atoms with Crippen molar-refractivity contribution < 1.29 is 37.2 Å². The second-order valence-corrected chi connectivity index (χ2v) is 24.4. The van der Waals surface area contributed by atoms with Crippen LogP contribution in [-0.4, -0.2) is 96.1 Å². The predicted molar refractivity (Wildman–Crippen MR) is 282 cm³/mol. The number of rotatable bonds is 17. The third-order valence-corrected chi connectivity index (χ3v) is 20.8. The van der Waals surface area contributed by atoms with Crippen molar-refractivity contribution in [3.05, 3.63) is 205 Å². The zero-order valence-electron chi connectivity index (χ0n) is 40.7. The second-order valence-electron chi connectivity index (χ2n) is 18.8. The molecule has 1 amide bonds. The first-order chi connectivity index (χ1) is 35.8. The van der Waals surface area contributed by atoms with E-state index in [0.29, 0.717) is 17.1 Å². The van der Waals surface area contributed by atoms with Gasteiger partial charge in [-0.2, -0.15) is 0 Å². The van der Waals surface area contributed by atoms with Gasteiger partial charge in [-0.15, -0.1) is 0 Å². The number of ether oxygens (including phenoxy) is 4. The van der Waals surface area contributed by atoms with Gasteiger partial charge in [-0.1, -0.05) is 150 Å². The van der Waals surface area contributed by atoms with E-state index in [1.54, 1.807) is 43.1 Å². The van der Waals surface area contributed by atoms with Crippen LogP contribution in [0.5, 0.6) is 11.5 Å². The van der Waals surface area contributed by atoms with Gasteiger partial charge < -0.3 is 33.3 Å². The molecule has 0 bridgehead atoms. The van der Waals surface area contributed by atoms with Gasteiger partial charge in [0.15, 0.2) is 29.4 Å². The lowest BCUT2D eigenvalue weighted by atomic mass is 9.80. The van der Waals surface area contributed by atoms with Crippen LogP contribution >= 0.6 is 8.53 Å². The molecule has 0 radical (unpaired) electrons. The van der Waals surface area contributed by atoms with Gasteiger partial charge in [0.1, 0.15) is 43.7 Å². The highest BCUT2D eigenvalue weighted by atomic mass is 31.2. The number of amides is 1. The van der Waals surface area contributed by atoms with E-state index in [2.05, 4.69) is 92.1 Å². The first-order valence-corrected chi connectivity index (χ1v) is 28.4. The summed E-state index contributed by atoms with van der Waals surface area (Å²) in [7, 11) is -0.849. The molecule has 16 heteroatoms. The molecule has 8 aromatic rings. The number of hydrogen-bond acceptors (Lipinski definition) is 11. The van der Waals surface area contributed by atoms with Gasteiger partial charge in [-0.3, -0.25) is 9.36 Å². The first kappa shape index (κ1) is 48.6. The number of hydrogen-bond donors (Lipinski definition) is 1. The highest BCUT2D eigenvalue weighted by Gasteiger charge is 2.55. The van der Waals surface area contributed by atoms with Crippen LogP contribution < -0.4 is 25.2 Å². The third-order valence-electron chi connectivity index (χ3n) is 14.6. The van der Waals surface area contributed by atoms with Gasteiger partial charge in [0.25, 0.3) is 14.4 Å². The van der Waals surface area contributed by atoms with Crippen molar-refractivity contribution in [3.63, 3.8) is 0 Å². The van der Waals surface area contributed by atoms with Crippen LogP contribution in [0.2, 0.25) is 12.6 Å². The summed E-state index contributed by atoms with van der Waals surface area (Å²) in [5.41, 5.74) is 2.22. The van der Waals surface area contributed by atoms with Crippen molar-refractivity contribution >= 4 is 49.9 Å². The minimum atomic E-state index is -2.36. The number of carbonyl (C=O) groups is 1. The predicted octanol–water partition coefficient (Wildman–Crippen LogP) is 9.71. The van der Waals surface area contributed by atoms with E-state index in [4.69, 9.17) is 28.0 Å². The lowest BCUT2D eigenvalue weighted by Gasteiger charge is -2.37. The number of nitrogens with one attached hydrogen (secondary N) is 1. The Hall–Kier alpha value is -6.68. The topological polar surface area (TPSA) is 131 Å². The lowest BCUT2D eigenvalue weighted by Crippen LogP contribution is -2.58. The van der Waals surface area contributed by atoms with Gasteiger partial charge in [0.2, 0.25) is 0 Å². The van der Waals surface area contributed by atoms with Gasteiger partial charge in [0.05, 0.1) is 33.3 Å². The largest absolute Gasteiger partial charge is 0.497 e. The average molecular weight is 1020 g/mol. The fourth-order valence-corrected chi connectivity index (χ4v) is 16.7. The molecule has 3 aliphatic heterocycles. The standard InChI is InChI=1S/C57H56FN6O7PSi/c1-66-43-30-26-41(27-31-43)57(40-19-10-5-11-20-40,42-28-32-44(67-2)33-29-42)68-35-48-52(50(58)56(69-48)63-38-61-51-53(59-37-60-54(51)63)62-55(65)39-17-8-4-9-18-39)71-72-64-34-16-25-47(64)49(70-72)36-73(3,45-21-12-6-13-22-45)46-23-14-7-15-24-46/h4-15,17-24,26-33,37-38,47-50,52,56H,16,25,34-36H2,1-3H3,(H,59,60,62,65)/t47-,48-,49+,50-,52-,56-,72-/m1/s1. The van der Waals surface area contributed by atoms with Crippen LogP contribution in [0, 0.1) is 0 Å². The molecule has 372 valence electrons. The summed E-state index contributed by atoms with van der Waals surface area (Å²) in [6.07, 6.45) is -0.591. The highest BCUT2D eigenvalue weighted by molar-refractivity contribution is 7.45. The Morgan fingerprint density at radius 3 is 1.93 bits per heavy atom. The van der Waals surface area contributed by atoms with E-state index in [0.717, 1.165) is 42.1 Å². The van der Waals surface area contributed by atoms with Crippen molar-refractivity contribution in [2.45, 2.75) is 67.8 Å². The maximum absolute atomic E-state index is 18.1. The van der Waals surface area contributed by atoms with Crippen LogP contribution in [0.1, 0.15) is 46.1 Å². The second kappa shape index (κ2) is 21.0. The molecule has 11 rings (SSSR count). The smallest absolute Gasteiger partial charge is 0.259 e. The van der Waals surface area contributed by atoms with E-state index >= 15 is 4.39 Å². The molecule has 6 aromatic carbocycles. The van der Waals surface area contributed by atoms with Crippen molar-refractivity contribution in [3.8, 4) is 11.5 Å². The molecule has 1 N–H and O–H groups in total. The molecular formula is C57H56FN6O7PSi. The molecule has 3 fully saturated rings. The fourth-order valence-electron chi connectivity index (χ4n) is 10.7. The summed E-state index contributed by atoms with van der Waals surface area (Å²) in [4.78, 5) is 26.9. The number of halogens is 1. The van der Waals surface area contributed by atoms with Crippen LogP contribution in [-0.2, 0) is 24.1 Å². The summed E-state index contributed by atoms with van der Waals surface area (Å²) in [5, 5.41) is 5.52. The quantitative estimate of drug-likeness (QED) is 0.0532. The molecule has 2 aromatic heterocycles. The molecule has 7 atom stereocenters. The van der Waals surface area contributed by atoms with E-state index in [1.807, 2.05) is 84.9 Å². The molecule has 0 unspecified atom stereocenters. The first-order valence-electron chi connectivity index (χ1n) is 24.6. The zero-order valence-corrected chi connectivity index (χ0v) is 42.6. The van der Waals surface area contributed by atoms with Gasteiger partial charge in [0, 0.05) is 18.2 Å². The number of carbonyl (C=O) groups excluding carboxylic acids is 1. The Bertz CT molecular complexity index is 3040. The number of methoxy groups -OCH3 is 2. The summed E-state index contributed by atoms with van der Waals surface area (Å²) >= 11 is 0. The molecule has 0 saturated carbocycles. The molecule has 3 saturated heterocycles. The van der Waals surface area contributed by atoms with Crippen LogP contribution in [0.4, 0.5) is 10.2 Å². The zero-order chi connectivity index (χ0) is 49.9. The van der Waals surface area contributed by atoms with Gasteiger partial charge in [-0.25, -0.2) is 24.0 Å². The van der Waals surface area contributed by atoms with E-state index in [-0.39, 0.29) is 41.6 Å². The number of aromatic nitrogens is 4. The molecule has 0 aliphatic carbocycles. The molecule has 3 aliphatic rings. The maximum Gasteiger partial charge on any atom is 0.259 e. The average Bonchev–Trinajstić information content (AvgIpc) is 4.25. The molecule has 73 heavy (non-hydrogen) atoms. The minimum Gasteiger partial charge on any atom is -0.497 e. The number of benzene rings is 6. The van der Waals surface area contributed by atoms with Crippen molar-refractivity contribution in [1.82, 2.24) is 24.2 Å². The maximum atomic E-state index is 18.1. The molecular weight excluding hydrogens is 959 g/mol. The summed E-state index contributed by atoms with van der Waals surface area (Å²) in [5.74, 6) is 1.18. The monoisotopic (exact) mass is 1010 g/mol. The number of imidazole rings is 1. The van der Waals surface area contributed by atoms with E-state index < -0.39 is 46.8 Å². The van der Waals surface area contributed by atoms with E-state index in [9.17, 15) is 4.79 Å². The lowest BCUT2D eigenvalue weighted by molar-refractivity contribution is -0.0914. The summed E-state index contributed by atoms with van der Waals surface area (Å²) in [6.45, 7) is 3.07. The summed E-state index contributed by atoms with van der Waals surface area (Å²) < 4.78 is 61.8. The Labute approximate surface area is 426 Å². The van der Waals surface area contributed by atoms with Crippen molar-refractivity contribution in [1.29, 1.82) is 0 Å². The van der Waals surface area contributed by atoms with Crippen molar-refractivity contribution in [2.24, 2.45) is 0 Å². The number of anilines is 1. The van der Waals surface area contributed by atoms with E-state index in [1.165, 1.54) is 23.0 Å². The Morgan fingerprint density at radius 2 is 1.33 bits per heavy atom. The van der Waals surface area contributed by atoms with Crippen LogP contribution in [0.15, 0.2) is 183 Å². The fraction of sp³-hybridized carbons (Fsp3) is 0.263. The SMILES string of the molecule is COc1ccc(C(OC[C@H]2O[C@@H](n3cnc4c(NC(=O)c5ccccc5)ncnc43)[C@H](F)[C@@H]2O[P@@]2O[C@@H](C[Si](C)(c3ccccc3)c3ccccc3)[C@H]3CCCN32)(c2ccccc2)c2ccc(OC)cc2)cc1. The summed E-state index contributed by atoms with van der Waals surface area (Å²) in [6, 6.07) is 56.8. The normalized spacial score (nSPS) is 22.1. The Kier molecular flexibility index (Phi) is 14.0. The van der Waals surface area contributed by atoms with Crippen LogP contribution in [0.3, 0.4) is 0 Å². The molecule has 5 heterocycles. The van der Waals surface area contributed by atoms with Gasteiger partial charge in [-0.05, 0) is 72.0 Å². The molecule has 13 nitrogen and oxygen atoms in total. The molecule has 0 spiro atoms. The Balaban J connectivity index is 0.961.